The van der Waals surface area contributed by atoms with Gasteiger partial charge in [0.25, 0.3) is 0 Å². The van der Waals surface area contributed by atoms with Crippen molar-refractivity contribution in [3.8, 4) is 0 Å². The van der Waals surface area contributed by atoms with E-state index in [1.807, 2.05) is 30.3 Å². The average molecular weight is 247 g/mol. The molecule has 4 nitrogen and oxygen atoms in total. The van der Waals surface area contributed by atoms with E-state index in [0.717, 1.165) is 18.4 Å². The second-order valence-electron chi connectivity index (χ2n) is 4.80. The van der Waals surface area contributed by atoms with Crippen LogP contribution in [0.15, 0.2) is 30.3 Å². The van der Waals surface area contributed by atoms with Crippen molar-refractivity contribution >= 4 is 11.9 Å². The summed E-state index contributed by atoms with van der Waals surface area (Å²) in [5, 5.41) is 11.7. The molecule has 1 aliphatic rings. The van der Waals surface area contributed by atoms with Crippen LogP contribution in [0.4, 0.5) is 0 Å². The van der Waals surface area contributed by atoms with Gasteiger partial charge in [-0.25, -0.2) is 4.79 Å². The monoisotopic (exact) mass is 247 g/mol. The fraction of sp³-hybridized carbons (Fsp3) is 0.429. The van der Waals surface area contributed by atoms with Gasteiger partial charge in [0.1, 0.15) is 6.04 Å². The van der Waals surface area contributed by atoms with Crippen molar-refractivity contribution in [2.24, 2.45) is 5.92 Å². The fourth-order valence-electron chi connectivity index (χ4n) is 1.89. The number of carboxylic acid groups (broad SMARTS) is 1. The number of hydrogen-bond acceptors (Lipinski definition) is 2. The SMILES string of the molecule is O=C(CC1CC1)N[C@H](Cc1ccccc1)C(=O)O. The maximum absolute atomic E-state index is 11.6. The van der Waals surface area contributed by atoms with E-state index in [-0.39, 0.29) is 5.91 Å². The van der Waals surface area contributed by atoms with Crippen LogP contribution in [0.2, 0.25) is 0 Å². The van der Waals surface area contributed by atoms with Gasteiger partial charge in [-0.3, -0.25) is 4.79 Å². The van der Waals surface area contributed by atoms with Crippen molar-refractivity contribution in [2.45, 2.75) is 31.7 Å². The van der Waals surface area contributed by atoms with Crippen LogP contribution < -0.4 is 5.32 Å². The Morgan fingerprint density at radius 2 is 1.94 bits per heavy atom. The topological polar surface area (TPSA) is 66.4 Å². The number of rotatable bonds is 6. The molecule has 0 saturated heterocycles. The molecular weight excluding hydrogens is 230 g/mol. The van der Waals surface area contributed by atoms with Crippen LogP contribution in [0.25, 0.3) is 0 Å². The number of nitrogens with one attached hydrogen (secondary N) is 1. The van der Waals surface area contributed by atoms with E-state index in [1.165, 1.54) is 0 Å². The zero-order valence-corrected chi connectivity index (χ0v) is 10.1. The molecule has 0 radical (unpaired) electrons. The summed E-state index contributed by atoms with van der Waals surface area (Å²) in [6, 6.07) is 8.50. The summed E-state index contributed by atoms with van der Waals surface area (Å²) in [7, 11) is 0. The fourth-order valence-corrected chi connectivity index (χ4v) is 1.89. The smallest absolute Gasteiger partial charge is 0.326 e. The number of carbonyl (C=O) groups is 2. The Morgan fingerprint density at radius 1 is 1.28 bits per heavy atom. The first-order valence-electron chi connectivity index (χ1n) is 6.21. The molecule has 1 amide bonds. The van der Waals surface area contributed by atoms with E-state index >= 15 is 0 Å². The van der Waals surface area contributed by atoms with Crippen LogP contribution in [-0.4, -0.2) is 23.0 Å². The molecule has 2 N–H and O–H groups in total. The Bertz CT molecular complexity index is 426. The van der Waals surface area contributed by atoms with Crippen molar-refractivity contribution < 1.29 is 14.7 Å². The lowest BCUT2D eigenvalue weighted by atomic mass is 10.1. The zero-order valence-electron chi connectivity index (χ0n) is 10.1. The molecule has 1 atom stereocenters. The zero-order chi connectivity index (χ0) is 13.0. The molecule has 18 heavy (non-hydrogen) atoms. The van der Waals surface area contributed by atoms with Crippen molar-refractivity contribution in [1.82, 2.24) is 5.32 Å². The Morgan fingerprint density at radius 3 is 2.50 bits per heavy atom. The van der Waals surface area contributed by atoms with Gasteiger partial charge in [0.15, 0.2) is 0 Å². The van der Waals surface area contributed by atoms with Crippen LogP contribution in [0.5, 0.6) is 0 Å². The molecule has 0 aliphatic heterocycles. The highest BCUT2D eigenvalue weighted by atomic mass is 16.4. The molecular formula is C14H17NO3. The van der Waals surface area contributed by atoms with E-state index in [0.29, 0.717) is 18.8 Å². The Labute approximate surface area is 106 Å². The molecule has 2 rings (SSSR count). The summed E-state index contributed by atoms with van der Waals surface area (Å²) in [4.78, 5) is 22.8. The minimum atomic E-state index is -0.983. The highest BCUT2D eigenvalue weighted by Crippen LogP contribution is 2.32. The van der Waals surface area contributed by atoms with E-state index in [2.05, 4.69) is 5.32 Å². The first-order valence-corrected chi connectivity index (χ1v) is 6.21. The molecule has 1 aliphatic carbocycles. The number of hydrogen-bond donors (Lipinski definition) is 2. The molecule has 1 fully saturated rings. The first-order chi connectivity index (χ1) is 8.65. The van der Waals surface area contributed by atoms with Gasteiger partial charge in [-0.2, -0.15) is 0 Å². The molecule has 1 saturated carbocycles. The van der Waals surface area contributed by atoms with E-state index in [1.54, 1.807) is 0 Å². The lowest BCUT2D eigenvalue weighted by molar-refractivity contribution is -0.141. The van der Waals surface area contributed by atoms with Gasteiger partial charge in [0.05, 0.1) is 0 Å². The second kappa shape index (κ2) is 5.67. The van der Waals surface area contributed by atoms with E-state index in [4.69, 9.17) is 5.11 Å². The number of amides is 1. The van der Waals surface area contributed by atoms with Crippen molar-refractivity contribution in [2.75, 3.05) is 0 Å². The normalized spacial score (nSPS) is 16.0. The Hall–Kier alpha value is -1.84. The maximum Gasteiger partial charge on any atom is 0.326 e. The van der Waals surface area contributed by atoms with Crippen LogP contribution in [-0.2, 0) is 16.0 Å². The van der Waals surface area contributed by atoms with Gasteiger partial charge >= 0.3 is 5.97 Å². The van der Waals surface area contributed by atoms with Crippen molar-refractivity contribution in [3.05, 3.63) is 35.9 Å². The number of carbonyl (C=O) groups excluding carboxylic acids is 1. The van der Waals surface area contributed by atoms with Gasteiger partial charge in [-0.05, 0) is 24.3 Å². The second-order valence-corrected chi connectivity index (χ2v) is 4.80. The number of carboxylic acids is 1. The van der Waals surface area contributed by atoms with E-state index in [9.17, 15) is 9.59 Å². The third-order valence-electron chi connectivity index (χ3n) is 3.09. The summed E-state index contributed by atoms with van der Waals surface area (Å²) < 4.78 is 0. The molecule has 1 aromatic carbocycles. The average Bonchev–Trinajstić information content (AvgIpc) is 3.13. The highest BCUT2D eigenvalue weighted by molar-refractivity contribution is 5.84. The molecule has 0 unspecified atom stereocenters. The molecule has 0 bridgehead atoms. The molecule has 0 aromatic heterocycles. The van der Waals surface area contributed by atoms with E-state index < -0.39 is 12.0 Å². The predicted octanol–water partition coefficient (Wildman–Crippen LogP) is 1.60. The summed E-state index contributed by atoms with van der Waals surface area (Å²) in [6.45, 7) is 0. The third kappa shape index (κ3) is 3.87. The van der Waals surface area contributed by atoms with Gasteiger partial charge in [-0.1, -0.05) is 30.3 Å². The van der Waals surface area contributed by atoms with Gasteiger partial charge < -0.3 is 10.4 Å². The lowest BCUT2D eigenvalue weighted by Crippen LogP contribution is -2.42. The summed E-state index contributed by atoms with van der Waals surface area (Å²) in [5.41, 5.74) is 0.914. The quantitative estimate of drug-likeness (QED) is 0.802. The predicted molar refractivity (Wildman–Crippen MR) is 67.1 cm³/mol. The summed E-state index contributed by atoms with van der Waals surface area (Å²) >= 11 is 0. The highest BCUT2D eigenvalue weighted by Gasteiger charge is 2.27. The van der Waals surface area contributed by atoms with Gasteiger partial charge in [0.2, 0.25) is 5.91 Å². The van der Waals surface area contributed by atoms with Crippen molar-refractivity contribution in [3.63, 3.8) is 0 Å². The molecule has 0 spiro atoms. The number of benzene rings is 1. The van der Waals surface area contributed by atoms with Crippen LogP contribution in [0.1, 0.15) is 24.8 Å². The van der Waals surface area contributed by atoms with Gasteiger partial charge in [-0.15, -0.1) is 0 Å². The van der Waals surface area contributed by atoms with Crippen molar-refractivity contribution in [1.29, 1.82) is 0 Å². The number of aliphatic carboxylic acids is 1. The molecule has 0 heterocycles. The third-order valence-corrected chi connectivity index (χ3v) is 3.09. The van der Waals surface area contributed by atoms with Crippen LogP contribution in [0.3, 0.4) is 0 Å². The maximum atomic E-state index is 11.6. The summed E-state index contributed by atoms with van der Waals surface area (Å²) in [5.74, 6) is -0.667. The van der Waals surface area contributed by atoms with Crippen LogP contribution >= 0.6 is 0 Å². The largest absolute Gasteiger partial charge is 0.480 e. The summed E-state index contributed by atoms with van der Waals surface area (Å²) in [6.07, 6.45) is 2.96. The molecule has 96 valence electrons. The lowest BCUT2D eigenvalue weighted by Gasteiger charge is -2.14. The first kappa shape index (κ1) is 12.6. The van der Waals surface area contributed by atoms with Crippen LogP contribution in [0, 0.1) is 5.92 Å². The minimum absolute atomic E-state index is 0.152. The standard InChI is InChI=1S/C14H17NO3/c16-13(9-11-6-7-11)15-12(14(17)18)8-10-4-2-1-3-5-10/h1-5,11-12H,6-9H2,(H,15,16)(H,17,18)/t12-/m1/s1. The van der Waals surface area contributed by atoms with Gasteiger partial charge in [0, 0.05) is 12.8 Å². The molecule has 4 heteroatoms. The minimum Gasteiger partial charge on any atom is -0.480 e. The Balaban J connectivity index is 1.91. The Kier molecular flexibility index (Phi) is 3.97. The molecule has 1 aromatic rings.